The Kier molecular flexibility index (Phi) is 3.02. The van der Waals surface area contributed by atoms with E-state index in [2.05, 4.69) is 10.1 Å². The molecule has 0 fully saturated rings. The molecule has 17 heavy (non-hydrogen) atoms. The fraction of sp³-hybridized carbons (Fsp3) is 0.500. The average molecular weight is 235 g/mol. The molecule has 0 saturated heterocycles. The van der Waals surface area contributed by atoms with E-state index >= 15 is 0 Å². The maximum atomic E-state index is 12.3. The summed E-state index contributed by atoms with van der Waals surface area (Å²) in [5.41, 5.74) is 2.43. The second-order valence-corrected chi connectivity index (χ2v) is 4.50. The Hall–Kier alpha value is -1.62. The van der Waals surface area contributed by atoms with Gasteiger partial charge in [-0.25, -0.2) is 4.98 Å². The van der Waals surface area contributed by atoms with Crippen LogP contribution in [0.2, 0.25) is 0 Å². The highest BCUT2D eigenvalue weighted by Gasteiger charge is 2.13. The molecule has 0 aliphatic carbocycles. The van der Waals surface area contributed by atoms with Crippen LogP contribution in [-0.4, -0.2) is 21.7 Å². The standard InChI is InChI=1S/C12H17N3O2/c1-7(2)11-8(3)5-10-13-9(6-17-4)14-15(10)12(11)16/h5,7H,6H2,1-4H3,(H,13,14). The number of H-pyrrole nitrogens is 1. The van der Waals surface area contributed by atoms with Crippen LogP contribution in [-0.2, 0) is 11.3 Å². The Balaban J connectivity index is 2.70. The van der Waals surface area contributed by atoms with Crippen molar-refractivity contribution >= 4 is 5.65 Å². The number of fused-ring (bicyclic) bond motifs is 1. The van der Waals surface area contributed by atoms with Gasteiger partial charge in [0.05, 0.1) is 0 Å². The van der Waals surface area contributed by atoms with Gasteiger partial charge in [0.15, 0.2) is 5.65 Å². The molecule has 2 aromatic heterocycles. The van der Waals surface area contributed by atoms with E-state index in [4.69, 9.17) is 4.74 Å². The number of aryl methyl sites for hydroxylation is 1. The number of hydrogen-bond donors (Lipinski definition) is 1. The number of nitrogens with zero attached hydrogens (tertiary/aromatic N) is 2. The molecular weight excluding hydrogens is 218 g/mol. The highest BCUT2D eigenvalue weighted by molar-refractivity contribution is 5.44. The first-order valence-electron chi connectivity index (χ1n) is 5.64. The van der Waals surface area contributed by atoms with Gasteiger partial charge in [0.25, 0.3) is 5.56 Å². The van der Waals surface area contributed by atoms with Gasteiger partial charge >= 0.3 is 0 Å². The molecule has 0 radical (unpaired) electrons. The lowest BCUT2D eigenvalue weighted by atomic mass is 10.0. The number of methoxy groups -OCH3 is 1. The topological polar surface area (TPSA) is 59.4 Å². The SMILES string of the molecule is COCc1nc2cc(C)c(C(C)C)c(=O)n2[nH]1. The normalized spacial score (nSPS) is 11.6. The molecule has 0 saturated carbocycles. The maximum Gasteiger partial charge on any atom is 0.274 e. The first-order chi connectivity index (χ1) is 8.04. The van der Waals surface area contributed by atoms with Crippen LogP contribution in [0.15, 0.2) is 10.9 Å². The van der Waals surface area contributed by atoms with Gasteiger partial charge in [-0.3, -0.25) is 9.89 Å². The summed E-state index contributed by atoms with van der Waals surface area (Å²) in [6.45, 7) is 6.35. The summed E-state index contributed by atoms with van der Waals surface area (Å²) in [6, 6.07) is 1.92. The van der Waals surface area contributed by atoms with Crippen LogP contribution >= 0.6 is 0 Å². The van der Waals surface area contributed by atoms with E-state index in [1.165, 1.54) is 4.52 Å². The predicted molar refractivity (Wildman–Crippen MR) is 65.4 cm³/mol. The zero-order valence-corrected chi connectivity index (χ0v) is 10.6. The van der Waals surface area contributed by atoms with Crippen LogP contribution in [0.1, 0.15) is 36.7 Å². The number of ether oxygens (including phenoxy) is 1. The van der Waals surface area contributed by atoms with Crippen LogP contribution in [0.5, 0.6) is 0 Å². The average Bonchev–Trinajstić information content (AvgIpc) is 2.60. The summed E-state index contributed by atoms with van der Waals surface area (Å²) in [4.78, 5) is 16.6. The number of rotatable bonds is 3. The quantitative estimate of drug-likeness (QED) is 0.879. The minimum absolute atomic E-state index is 0.0233. The Bertz CT molecular complexity index is 596. The Morgan fingerprint density at radius 3 is 2.82 bits per heavy atom. The highest BCUT2D eigenvalue weighted by atomic mass is 16.5. The van der Waals surface area contributed by atoms with Crippen molar-refractivity contribution < 1.29 is 4.74 Å². The summed E-state index contributed by atoms with van der Waals surface area (Å²) < 4.78 is 6.48. The molecule has 2 rings (SSSR count). The van der Waals surface area contributed by atoms with E-state index in [1.54, 1.807) is 7.11 Å². The Morgan fingerprint density at radius 2 is 2.24 bits per heavy atom. The molecule has 2 aromatic rings. The van der Waals surface area contributed by atoms with E-state index in [1.807, 2.05) is 26.8 Å². The Labute approximate surface area is 99.4 Å². The van der Waals surface area contributed by atoms with E-state index in [0.29, 0.717) is 18.1 Å². The molecule has 2 heterocycles. The van der Waals surface area contributed by atoms with Crippen LogP contribution in [0.3, 0.4) is 0 Å². The third-order valence-electron chi connectivity index (χ3n) is 2.78. The van der Waals surface area contributed by atoms with E-state index in [0.717, 1.165) is 11.1 Å². The minimum atomic E-state index is -0.0233. The molecule has 0 amide bonds. The molecule has 0 aromatic carbocycles. The predicted octanol–water partition coefficient (Wildman–Crippen LogP) is 1.60. The highest BCUT2D eigenvalue weighted by Crippen LogP contribution is 2.15. The van der Waals surface area contributed by atoms with Crippen LogP contribution < -0.4 is 5.56 Å². The fourth-order valence-electron chi connectivity index (χ4n) is 2.12. The molecule has 92 valence electrons. The fourth-order valence-corrected chi connectivity index (χ4v) is 2.12. The van der Waals surface area contributed by atoms with Crippen molar-refractivity contribution in [2.24, 2.45) is 0 Å². The van der Waals surface area contributed by atoms with Gasteiger partial charge in [-0.05, 0) is 24.5 Å². The molecule has 0 aliphatic rings. The number of aromatic amines is 1. The molecular formula is C12H17N3O2. The summed E-state index contributed by atoms with van der Waals surface area (Å²) >= 11 is 0. The lowest BCUT2D eigenvalue weighted by molar-refractivity contribution is 0.178. The maximum absolute atomic E-state index is 12.3. The van der Waals surface area contributed by atoms with Crippen LogP contribution in [0, 0.1) is 6.92 Å². The molecule has 0 atom stereocenters. The smallest absolute Gasteiger partial charge is 0.274 e. The van der Waals surface area contributed by atoms with Gasteiger partial charge in [0, 0.05) is 12.7 Å². The third kappa shape index (κ3) is 1.98. The molecule has 5 nitrogen and oxygen atoms in total. The summed E-state index contributed by atoms with van der Waals surface area (Å²) in [5, 5.41) is 2.96. The van der Waals surface area contributed by atoms with Crippen molar-refractivity contribution in [3.8, 4) is 0 Å². The second kappa shape index (κ2) is 4.33. The monoisotopic (exact) mass is 235 g/mol. The zero-order valence-electron chi connectivity index (χ0n) is 10.6. The summed E-state index contributed by atoms with van der Waals surface area (Å²) in [5.74, 6) is 0.860. The van der Waals surface area contributed by atoms with Crippen molar-refractivity contribution in [3.63, 3.8) is 0 Å². The lowest BCUT2D eigenvalue weighted by Crippen LogP contribution is -2.21. The number of aromatic nitrogens is 3. The first kappa shape index (κ1) is 11.9. The molecule has 0 aliphatic heterocycles. The summed E-state index contributed by atoms with van der Waals surface area (Å²) in [6.07, 6.45) is 0. The first-order valence-corrected chi connectivity index (χ1v) is 5.64. The van der Waals surface area contributed by atoms with Crippen molar-refractivity contribution in [3.05, 3.63) is 33.4 Å². The van der Waals surface area contributed by atoms with Crippen LogP contribution in [0.4, 0.5) is 0 Å². The number of nitrogens with one attached hydrogen (secondary N) is 1. The minimum Gasteiger partial charge on any atom is -0.377 e. The van der Waals surface area contributed by atoms with Gasteiger partial charge < -0.3 is 4.74 Å². The molecule has 5 heteroatoms. The van der Waals surface area contributed by atoms with Gasteiger partial charge in [0.2, 0.25) is 0 Å². The van der Waals surface area contributed by atoms with Crippen molar-refractivity contribution in [1.82, 2.24) is 14.6 Å². The largest absolute Gasteiger partial charge is 0.377 e. The number of hydrogen-bond acceptors (Lipinski definition) is 3. The zero-order chi connectivity index (χ0) is 12.6. The van der Waals surface area contributed by atoms with Crippen LogP contribution in [0.25, 0.3) is 5.65 Å². The van der Waals surface area contributed by atoms with Gasteiger partial charge in [-0.15, -0.1) is 0 Å². The van der Waals surface area contributed by atoms with Crippen molar-refractivity contribution in [2.75, 3.05) is 7.11 Å². The number of pyridine rings is 1. The lowest BCUT2D eigenvalue weighted by Gasteiger charge is -2.08. The van der Waals surface area contributed by atoms with Gasteiger partial charge in [-0.2, -0.15) is 4.52 Å². The van der Waals surface area contributed by atoms with Crippen molar-refractivity contribution in [1.29, 1.82) is 0 Å². The van der Waals surface area contributed by atoms with Gasteiger partial charge in [0.1, 0.15) is 12.4 Å². The van der Waals surface area contributed by atoms with Crippen molar-refractivity contribution in [2.45, 2.75) is 33.3 Å². The van der Waals surface area contributed by atoms with E-state index in [-0.39, 0.29) is 11.5 Å². The molecule has 0 spiro atoms. The van der Waals surface area contributed by atoms with E-state index in [9.17, 15) is 4.79 Å². The Morgan fingerprint density at radius 1 is 1.53 bits per heavy atom. The summed E-state index contributed by atoms with van der Waals surface area (Å²) in [7, 11) is 1.60. The molecule has 0 unspecified atom stereocenters. The second-order valence-electron chi connectivity index (χ2n) is 4.50. The molecule has 1 N–H and O–H groups in total. The van der Waals surface area contributed by atoms with Gasteiger partial charge in [-0.1, -0.05) is 13.8 Å². The van der Waals surface area contributed by atoms with E-state index < -0.39 is 0 Å². The molecule has 0 bridgehead atoms. The third-order valence-corrected chi connectivity index (χ3v) is 2.78.